The quantitative estimate of drug-likeness (QED) is 0.660. The van der Waals surface area contributed by atoms with E-state index in [-0.39, 0.29) is 0 Å². The second kappa shape index (κ2) is 8.05. The lowest BCUT2D eigenvalue weighted by Crippen LogP contribution is -2.01. The van der Waals surface area contributed by atoms with Gasteiger partial charge in [0.05, 0.1) is 18.4 Å². The van der Waals surface area contributed by atoms with Gasteiger partial charge in [-0.15, -0.1) is 10.2 Å². The average molecular weight is 324 g/mol. The van der Waals surface area contributed by atoms with Crippen LogP contribution in [0.2, 0.25) is 0 Å². The summed E-state index contributed by atoms with van der Waals surface area (Å²) < 4.78 is 5.76. The lowest BCUT2D eigenvalue weighted by atomic mass is 10.1. The number of rotatable bonds is 8. The molecule has 0 amide bonds. The van der Waals surface area contributed by atoms with Gasteiger partial charge in [-0.05, 0) is 36.6 Å². The Balaban J connectivity index is 1.53. The van der Waals surface area contributed by atoms with Gasteiger partial charge in [-0.2, -0.15) is 5.21 Å². The normalized spacial score (nSPS) is 10.5. The van der Waals surface area contributed by atoms with E-state index in [0.29, 0.717) is 18.2 Å². The third kappa shape index (κ3) is 4.52. The highest BCUT2D eigenvalue weighted by Crippen LogP contribution is 2.21. The molecular weight excluding hydrogens is 304 g/mol. The van der Waals surface area contributed by atoms with Gasteiger partial charge in [0.1, 0.15) is 5.75 Å². The molecule has 7 heteroatoms. The second-order valence-electron chi connectivity index (χ2n) is 5.42. The highest BCUT2D eigenvalue weighted by molar-refractivity contribution is 5.42. The maximum absolute atomic E-state index is 5.76. The average Bonchev–Trinajstić information content (AvgIpc) is 3.14. The molecule has 24 heavy (non-hydrogen) atoms. The molecule has 3 rings (SSSR count). The Morgan fingerprint density at radius 3 is 2.67 bits per heavy atom. The molecule has 0 radical (unpaired) electrons. The van der Waals surface area contributed by atoms with Crippen molar-refractivity contribution in [2.75, 3.05) is 5.32 Å². The van der Waals surface area contributed by atoms with Crippen LogP contribution in [0.5, 0.6) is 11.6 Å². The molecule has 0 saturated heterocycles. The molecule has 2 N–H and O–H groups in total. The number of hydrogen-bond acceptors (Lipinski definition) is 6. The van der Waals surface area contributed by atoms with E-state index in [1.54, 1.807) is 6.20 Å². The van der Waals surface area contributed by atoms with Crippen molar-refractivity contribution in [1.82, 2.24) is 25.6 Å². The van der Waals surface area contributed by atoms with E-state index in [1.807, 2.05) is 24.3 Å². The molecule has 0 atom stereocenters. The molecule has 0 aliphatic rings. The number of unbranched alkanes of at least 4 members (excludes halogenated alkanes) is 1. The van der Waals surface area contributed by atoms with E-state index in [1.165, 1.54) is 18.4 Å². The van der Waals surface area contributed by atoms with E-state index in [4.69, 9.17) is 4.74 Å². The van der Waals surface area contributed by atoms with Crippen molar-refractivity contribution in [3.8, 4) is 11.6 Å². The Kier molecular flexibility index (Phi) is 5.34. The minimum atomic E-state index is 0.484. The molecule has 1 aromatic carbocycles. The first kappa shape index (κ1) is 15.9. The fraction of sp³-hybridized carbons (Fsp3) is 0.294. The van der Waals surface area contributed by atoms with Crippen molar-refractivity contribution >= 4 is 5.69 Å². The largest absolute Gasteiger partial charge is 0.439 e. The van der Waals surface area contributed by atoms with Gasteiger partial charge in [0, 0.05) is 6.07 Å². The molecular formula is C17H20N6O. The summed E-state index contributed by atoms with van der Waals surface area (Å²) in [6.45, 7) is 2.68. The number of hydrogen-bond donors (Lipinski definition) is 2. The van der Waals surface area contributed by atoms with Gasteiger partial charge in [0.25, 0.3) is 0 Å². The maximum atomic E-state index is 5.76. The van der Waals surface area contributed by atoms with Crippen LogP contribution in [0.3, 0.4) is 0 Å². The Morgan fingerprint density at radius 2 is 2.00 bits per heavy atom. The van der Waals surface area contributed by atoms with Crippen LogP contribution in [-0.4, -0.2) is 25.6 Å². The SMILES string of the molecule is CCCCc1ccc(Oc2ccc(NCc3nn[nH]n3)cn2)cc1. The molecule has 0 aliphatic heterocycles. The molecule has 0 spiro atoms. The molecule has 2 aromatic heterocycles. The molecule has 124 valence electrons. The van der Waals surface area contributed by atoms with E-state index >= 15 is 0 Å². The zero-order valence-corrected chi connectivity index (χ0v) is 13.6. The standard InChI is InChI=1S/C17H20N6O/c1-2-3-4-13-5-8-15(9-6-13)24-17-10-7-14(11-19-17)18-12-16-20-22-23-21-16/h5-11,18H,2-4,12H2,1H3,(H,20,21,22,23). The van der Waals surface area contributed by atoms with Gasteiger partial charge < -0.3 is 10.1 Å². The summed E-state index contributed by atoms with van der Waals surface area (Å²) in [5.74, 6) is 1.94. The van der Waals surface area contributed by atoms with E-state index in [0.717, 1.165) is 17.9 Å². The zero-order chi connectivity index (χ0) is 16.6. The monoisotopic (exact) mass is 324 g/mol. The maximum Gasteiger partial charge on any atom is 0.219 e. The number of anilines is 1. The summed E-state index contributed by atoms with van der Waals surface area (Å²) in [6, 6.07) is 11.9. The summed E-state index contributed by atoms with van der Waals surface area (Å²) >= 11 is 0. The van der Waals surface area contributed by atoms with E-state index < -0.39 is 0 Å². The van der Waals surface area contributed by atoms with Crippen molar-refractivity contribution in [2.24, 2.45) is 0 Å². The lowest BCUT2D eigenvalue weighted by molar-refractivity contribution is 0.463. The number of benzene rings is 1. The van der Waals surface area contributed by atoms with E-state index in [2.05, 4.69) is 50.0 Å². The fourth-order valence-corrected chi connectivity index (χ4v) is 2.21. The third-order valence-electron chi connectivity index (χ3n) is 3.54. The Labute approximate surface area is 140 Å². The first-order chi connectivity index (χ1) is 11.8. The minimum Gasteiger partial charge on any atom is -0.439 e. The zero-order valence-electron chi connectivity index (χ0n) is 13.6. The van der Waals surface area contributed by atoms with Gasteiger partial charge in [0.15, 0.2) is 5.82 Å². The summed E-state index contributed by atoms with van der Waals surface area (Å²) in [4.78, 5) is 4.30. The number of pyridine rings is 1. The van der Waals surface area contributed by atoms with Crippen LogP contribution in [0.15, 0.2) is 42.6 Å². The third-order valence-corrected chi connectivity index (χ3v) is 3.54. The van der Waals surface area contributed by atoms with E-state index in [9.17, 15) is 0 Å². The first-order valence-corrected chi connectivity index (χ1v) is 8.02. The van der Waals surface area contributed by atoms with Crippen LogP contribution in [0, 0.1) is 0 Å². The van der Waals surface area contributed by atoms with Crippen molar-refractivity contribution in [1.29, 1.82) is 0 Å². The Morgan fingerprint density at radius 1 is 1.12 bits per heavy atom. The number of nitrogens with zero attached hydrogens (tertiary/aromatic N) is 4. The van der Waals surface area contributed by atoms with Crippen molar-refractivity contribution in [3.63, 3.8) is 0 Å². The summed E-state index contributed by atoms with van der Waals surface area (Å²) in [7, 11) is 0. The van der Waals surface area contributed by atoms with Crippen LogP contribution < -0.4 is 10.1 Å². The molecule has 0 aliphatic carbocycles. The predicted octanol–water partition coefficient (Wildman–Crippen LogP) is 3.34. The topological polar surface area (TPSA) is 88.6 Å². The fourth-order valence-electron chi connectivity index (χ4n) is 2.21. The van der Waals surface area contributed by atoms with Gasteiger partial charge in [-0.1, -0.05) is 30.7 Å². The Hall–Kier alpha value is -2.96. The van der Waals surface area contributed by atoms with Crippen LogP contribution in [0.4, 0.5) is 5.69 Å². The highest BCUT2D eigenvalue weighted by Gasteiger charge is 2.02. The second-order valence-corrected chi connectivity index (χ2v) is 5.42. The van der Waals surface area contributed by atoms with Gasteiger partial charge in [0.2, 0.25) is 5.88 Å². The lowest BCUT2D eigenvalue weighted by Gasteiger charge is -2.07. The molecule has 3 aromatic rings. The summed E-state index contributed by atoms with van der Waals surface area (Å²) in [6.07, 6.45) is 5.23. The van der Waals surface area contributed by atoms with Crippen LogP contribution >= 0.6 is 0 Å². The van der Waals surface area contributed by atoms with Crippen LogP contribution in [0.1, 0.15) is 31.2 Å². The number of aryl methyl sites for hydroxylation is 1. The Bertz CT molecular complexity index is 725. The number of ether oxygens (including phenoxy) is 1. The number of nitrogens with one attached hydrogen (secondary N) is 2. The van der Waals surface area contributed by atoms with Crippen molar-refractivity contribution in [3.05, 3.63) is 54.0 Å². The summed E-state index contributed by atoms with van der Waals surface area (Å²) in [5.41, 5.74) is 2.19. The molecule has 0 unspecified atom stereocenters. The van der Waals surface area contributed by atoms with Crippen molar-refractivity contribution in [2.45, 2.75) is 32.7 Å². The van der Waals surface area contributed by atoms with Crippen LogP contribution in [0.25, 0.3) is 0 Å². The molecule has 2 heterocycles. The summed E-state index contributed by atoms with van der Waals surface area (Å²) in [5, 5.41) is 16.8. The molecule has 0 saturated carbocycles. The molecule has 0 bridgehead atoms. The van der Waals surface area contributed by atoms with Gasteiger partial charge in [-0.25, -0.2) is 4.98 Å². The number of aromatic nitrogens is 5. The van der Waals surface area contributed by atoms with Crippen molar-refractivity contribution < 1.29 is 4.74 Å². The predicted molar refractivity (Wildman–Crippen MR) is 90.9 cm³/mol. The number of tetrazole rings is 1. The molecule has 0 fully saturated rings. The molecule has 7 nitrogen and oxygen atoms in total. The first-order valence-electron chi connectivity index (χ1n) is 8.02. The smallest absolute Gasteiger partial charge is 0.219 e. The van der Waals surface area contributed by atoms with Gasteiger partial charge in [-0.3, -0.25) is 0 Å². The highest BCUT2D eigenvalue weighted by atomic mass is 16.5. The van der Waals surface area contributed by atoms with Crippen LogP contribution in [-0.2, 0) is 13.0 Å². The van der Waals surface area contributed by atoms with Gasteiger partial charge >= 0.3 is 0 Å². The number of H-pyrrole nitrogens is 1. The minimum absolute atomic E-state index is 0.484. The number of aromatic amines is 1.